The number of carbonyl (C=O) groups excluding carboxylic acids is 2. The minimum Gasteiger partial charge on any atom is -0.507 e. The molecule has 9 nitrogen and oxygen atoms in total. The minimum absolute atomic E-state index is 0.0363. The standard InChI is InChI=1S/C24H26N2O7/c1-4-31-18-11-14(5-7-16(18)27)21-20(23(29)24(30)26(21)10-9-25(2)3)22(28)15-6-8-17-19(12-15)33-13-32-17/h5-8,11-12,21,27-28H,4,9-10,13H2,1-3H3/b22-20+. The first kappa shape index (κ1) is 22.5. The van der Waals surface area contributed by atoms with Crippen molar-refractivity contribution in [3.05, 3.63) is 53.1 Å². The van der Waals surface area contributed by atoms with Crippen molar-refractivity contribution in [2.24, 2.45) is 0 Å². The number of phenolic OH excluding ortho intramolecular Hbond substituents is 1. The summed E-state index contributed by atoms with van der Waals surface area (Å²) in [7, 11) is 3.73. The number of phenols is 1. The summed E-state index contributed by atoms with van der Waals surface area (Å²) >= 11 is 0. The molecule has 1 unspecified atom stereocenters. The molecule has 1 amide bonds. The number of fused-ring (bicyclic) bond motifs is 1. The van der Waals surface area contributed by atoms with Crippen LogP contribution in [0.4, 0.5) is 0 Å². The smallest absolute Gasteiger partial charge is 0.295 e. The Morgan fingerprint density at radius 2 is 1.91 bits per heavy atom. The first-order chi connectivity index (χ1) is 15.8. The van der Waals surface area contributed by atoms with E-state index in [4.69, 9.17) is 14.2 Å². The third kappa shape index (κ3) is 4.19. The van der Waals surface area contributed by atoms with Gasteiger partial charge in [0.05, 0.1) is 18.2 Å². The van der Waals surface area contributed by atoms with Gasteiger partial charge in [0.25, 0.3) is 11.7 Å². The molecular weight excluding hydrogens is 428 g/mol. The number of likely N-dealkylation sites (tertiary alicyclic amines) is 1. The molecule has 2 aliphatic rings. The van der Waals surface area contributed by atoms with Gasteiger partial charge in [-0.15, -0.1) is 0 Å². The second-order valence-electron chi connectivity index (χ2n) is 8.02. The molecule has 2 aromatic rings. The van der Waals surface area contributed by atoms with E-state index in [1.807, 2.05) is 19.0 Å². The molecule has 1 saturated heterocycles. The third-order valence-electron chi connectivity index (χ3n) is 5.57. The number of amides is 1. The average molecular weight is 454 g/mol. The molecule has 4 rings (SSSR count). The van der Waals surface area contributed by atoms with E-state index in [1.54, 1.807) is 37.3 Å². The molecule has 2 N–H and O–H groups in total. The minimum atomic E-state index is -0.852. The number of ether oxygens (including phenoxy) is 3. The van der Waals surface area contributed by atoms with Crippen LogP contribution in [0.3, 0.4) is 0 Å². The molecule has 33 heavy (non-hydrogen) atoms. The van der Waals surface area contributed by atoms with Crippen molar-refractivity contribution in [1.29, 1.82) is 0 Å². The number of likely N-dealkylation sites (N-methyl/N-ethyl adjacent to an activating group) is 1. The zero-order valence-corrected chi connectivity index (χ0v) is 18.7. The summed E-state index contributed by atoms with van der Waals surface area (Å²) in [6.45, 7) is 2.97. The predicted molar refractivity (Wildman–Crippen MR) is 119 cm³/mol. The van der Waals surface area contributed by atoms with Crippen molar-refractivity contribution in [1.82, 2.24) is 9.80 Å². The third-order valence-corrected chi connectivity index (χ3v) is 5.57. The molecule has 1 fully saturated rings. The summed E-state index contributed by atoms with van der Waals surface area (Å²) in [6, 6.07) is 8.62. The van der Waals surface area contributed by atoms with Crippen LogP contribution in [0.2, 0.25) is 0 Å². The summed E-state index contributed by atoms with van der Waals surface area (Å²) in [4.78, 5) is 29.4. The fraction of sp³-hybridized carbons (Fsp3) is 0.333. The van der Waals surface area contributed by atoms with E-state index in [2.05, 4.69) is 0 Å². The van der Waals surface area contributed by atoms with E-state index in [0.29, 0.717) is 35.8 Å². The van der Waals surface area contributed by atoms with Crippen LogP contribution in [0, 0.1) is 0 Å². The lowest BCUT2D eigenvalue weighted by Crippen LogP contribution is -2.35. The highest BCUT2D eigenvalue weighted by Gasteiger charge is 2.46. The predicted octanol–water partition coefficient (Wildman–Crippen LogP) is 2.50. The summed E-state index contributed by atoms with van der Waals surface area (Å²) < 4.78 is 16.2. The van der Waals surface area contributed by atoms with Crippen LogP contribution in [-0.4, -0.2) is 72.3 Å². The summed E-state index contributed by atoms with van der Waals surface area (Å²) in [6.07, 6.45) is 0. The molecule has 0 spiro atoms. The zero-order chi connectivity index (χ0) is 23.7. The molecule has 174 valence electrons. The lowest BCUT2D eigenvalue weighted by atomic mass is 9.95. The Labute approximate surface area is 191 Å². The van der Waals surface area contributed by atoms with Crippen molar-refractivity contribution in [3.63, 3.8) is 0 Å². The van der Waals surface area contributed by atoms with Crippen molar-refractivity contribution in [2.45, 2.75) is 13.0 Å². The normalized spacial score (nSPS) is 18.9. The number of aliphatic hydroxyl groups excluding tert-OH is 1. The molecule has 2 aromatic carbocycles. The zero-order valence-electron chi connectivity index (χ0n) is 18.7. The maximum Gasteiger partial charge on any atom is 0.295 e. The van der Waals surface area contributed by atoms with Crippen molar-refractivity contribution >= 4 is 17.4 Å². The number of aliphatic hydroxyl groups is 1. The van der Waals surface area contributed by atoms with E-state index < -0.39 is 17.7 Å². The van der Waals surface area contributed by atoms with E-state index in [1.165, 1.54) is 11.0 Å². The van der Waals surface area contributed by atoms with Gasteiger partial charge in [0.1, 0.15) is 5.76 Å². The van der Waals surface area contributed by atoms with E-state index in [-0.39, 0.29) is 36.2 Å². The highest BCUT2D eigenvalue weighted by atomic mass is 16.7. The number of hydrogen-bond donors (Lipinski definition) is 2. The van der Waals surface area contributed by atoms with Gasteiger partial charge in [-0.05, 0) is 56.9 Å². The fourth-order valence-electron chi connectivity index (χ4n) is 3.94. The molecule has 0 aromatic heterocycles. The van der Waals surface area contributed by atoms with Crippen molar-refractivity contribution < 1.29 is 34.0 Å². The Bertz CT molecular complexity index is 1130. The van der Waals surface area contributed by atoms with Crippen LogP contribution in [0.25, 0.3) is 5.76 Å². The Morgan fingerprint density at radius 3 is 2.64 bits per heavy atom. The van der Waals surface area contributed by atoms with Crippen LogP contribution in [-0.2, 0) is 9.59 Å². The number of carbonyl (C=O) groups is 2. The van der Waals surface area contributed by atoms with Gasteiger partial charge in [0.15, 0.2) is 23.0 Å². The van der Waals surface area contributed by atoms with Gasteiger partial charge in [-0.1, -0.05) is 6.07 Å². The Morgan fingerprint density at radius 1 is 1.15 bits per heavy atom. The van der Waals surface area contributed by atoms with Crippen LogP contribution in [0.15, 0.2) is 42.0 Å². The molecule has 2 heterocycles. The molecule has 0 radical (unpaired) electrons. The lowest BCUT2D eigenvalue weighted by Gasteiger charge is -2.27. The second kappa shape index (κ2) is 9.03. The van der Waals surface area contributed by atoms with E-state index in [0.717, 1.165) is 0 Å². The highest BCUT2D eigenvalue weighted by molar-refractivity contribution is 6.46. The number of aromatic hydroxyl groups is 1. The monoisotopic (exact) mass is 454 g/mol. The number of rotatable bonds is 7. The summed E-state index contributed by atoms with van der Waals surface area (Å²) in [5.74, 6) is -0.627. The number of ketones is 1. The van der Waals surface area contributed by atoms with Gasteiger partial charge < -0.3 is 34.2 Å². The molecule has 9 heteroatoms. The van der Waals surface area contributed by atoms with Crippen LogP contribution in [0.5, 0.6) is 23.0 Å². The van der Waals surface area contributed by atoms with E-state index >= 15 is 0 Å². The van der Waals surface area contributed by atoms with Gasteiger partial charge in [0, 0.05) is 18.7 Å². The van der Waals surface area contributed by atoms with Gasteiger partial charge in [0.2, 0.25) is 6.79 Å². The first-order valence-corrected chi connectivity index (χ1v) is 10.6. The second-order valence-corrected chi connectivity index (χ2v) is 8.02. The highest BCUT2D eigenvalue weighted by Crippen LogP contribution is 2.43. The fourth-order valence-corrected chi connectivity index (χ4v) is 3.94. The van der Waals surface area contributed by atoms with Crippen molar-refractivity contribution in [3.8, 4) is 23.0 Å². The maximum atomic E-state index is 13.1. The summed E-state index contributed by atoms with van der Waals surface area (Å²) in [5.41, 5.74) is 0.834. The topological polar surface area (TPSA) is 109 Å². The number of hydrogen-bond acceptors (Lipinski definition) is 8. The Kier molecular flexibility index (Phi) is 6.15. The van der Waals surface area contributed by atoms with Crippen LogP contribution in [0.1, 0.15) is 24.1 Å². The number of nitrogens with zero attached hydrogens (tertiary/aromatic N) is 2. The summed E-state index contributed by atoms with van der Waals surface area (Å²) in [5, 5.41) is 21.3. The Hall–Kier alpha value is -3.72. The molecule has 0 bridgehead atoms. The van der Waals surface area contributed by atoms with Gasteiger partial charge in [-0.3, -0.25) is 9.59 Å². The van der Waals surface area contributed by atoms with Gasteiger partial charge in [-0.25, -0.2) is 0 Å². The molecule has 0 saturated carbocycles. The van der Waals surface area contributed by atoms with Crippen LogP contribution < -0.4 is 14.2 Å². The Balaban J connectivity index is 1.84. The van der Waals surface area contributed by atoms with Gasteiger partial charge >= 0.3 is 0 Å². The molecule has 2 aliphatic heterocycles. The number of benzene rings is 2. The van der Waals surface area contributed by atoms with Crippen LogP contribution >= 0.6 is 0 Å². The molecule has 1 atom stereocenters. The average Bonchev–Trinajstić information content (AvgIpc) is 3.36. The quantitative estimate of drug-likeness (QED) is 0.373. The maximum absolute atomic E-state index is 13.1. The van der Waals surface area contributed by atoms with Crippen molar-refractivity contribution in [2.75, 3.05) is 40.6 Å². The molecular formula is C24H26N2O7. The van der Waals surface area contributed by atoms with Gasteiger partial charge in [-0.2, -0.15) is 0 Å². The lowest BCUT2D eigenvalue weighted by molar-refractivity contribution is -0.140. The first-order valence-electron chi connectivity index (χ1n) is 10.6. The molecule has 0 aliphatic carbocycles. The largest absolute Gasteiger partial charge is 0.507 e. The number of Topliss-reactive ketones (excluding diaryl/α,β-unsaturated/α-hetero) is 1. The van der Waals surface area contributed by atoms with E-state index in [9.17, 15) is 19.8 Å². The SMILES string of the molecule is CCOc1cc(C2/C(=C(\O)c3ccc4c(c3)OCO4)C(=O)C(=O)N2CCN(C)C)ccc1O.